The number of nitrogens with one attached hydrogen (secondary N) is 1. The van der Waals surface area contributed by atoms with Crippen LogP contribution in [0, 0.1) is 16.7 Å². The molecular weight excluding hydrogens is 277 g/mol. The van der Waals surface area contributed by atoms with E-state index in [0.29, 0.717) is 13.0 Å². The van der Waals surface area contributed by atoms with E-state index in [0.717, 1.165) is 25.0 Å². The van der Waals surface area contributed by atoms with Crippen LogP contribution in [0.1, 0.15) is 24.8 Å². The number of nitrogens with zero attached hydrogens (tertiary/aromatic N) is 1. The molecule has 6 heteroatoms. The summed E-state index contributed by atoms with van der Waals surface area (Å²) >= 11 is 5.88. The highest BCUT2D eigenvalue weighted by atomic mass is 35.5. The van der Waals surface area contributed by atoms with E-state index in [2.05, 4.69) is 11.4 Å². The number of hydrogen-bond acceptors (Lipinski definition) is 2. The third-order valence-corrected chi connectivity index (χ3v) is 3.69. The summed E-state index contributed by atoms with van der Waals surface area (Å²) in [4.78, 5) is 0. The van der Waals surface area contributed by atoms with Crippen molar-refractivity contribution in [1.82, 2.24) is 0 Å². The summed E-state index contributed by atoms with van der Waals surface area (Å²) in [5.74, 6) is 0. The monoisotopic (exact) mass is 288 g/mol. The smallest absolute Gasteiger partial charge is 0.383 e. The van der Waals surface area contributed by atoms with Crippen LogP contribution in [0.3, 0.4) is 0 Å². The summed E-state index contributed by atoms with van der Waals surface area (Å²) in [7, 11) is 0. The molecule has 0 atom stereocenters. The molecule has 0 unspecified atom stereocenters. The maximum atomic E-state index is 12.6. The molecule has 0 radical (unpaired) electrons. The molecule has 2 nitrogen and oxygen atoms in total. The van der Waals surface area contributed by atoms with Crippen LogP contribution in [0.2, 0.25) is 5.02 Å². The highest BCUT2D eigenvalue weighted by Crippen LogP contribution is 2.48. The standard InChI is InChI=1S/C13H12ClF3N2/c14-10-2-1-9(13(15,16)17)7-11(10)19-8-12(3-4-12)5-6-18/h1-2,7,19H,3-5,8H2. The first kappa shape index (κ1) is 14.0. The van der Waals surface area contributed by atoms with Crippen molar-refractivity contribution < 1.29 is 13.2 Å². The lowest BCUT2D eigenvalue weighted by molar-refractivity contribution is -0.137. The number of nitriles is 1. The molecule has 0 amide bonds. The average molecular weight is 289 g/mol. The molecule has 0 bridgehead atoms. The van der Waals surface area contributed by atoms with Gasteiger partial charge in [-0.3, -0.25) is 0 Å². The summed E-state index contributed by atoms with van der Waals surface area (Å²) in [5.41, 5.74) is -0.558. The van der Waals surface area contributed by atoms with E-state index in [-0.39, 0.29) is 16.1 Å². The molecule has 1 N–H and O–H groups in total. The second-order valence-electron chi connectivity index (χ2n) is 4.88. The zero-order chi connectivity index (χ0) is 14.1. The van der Waals surface area contributed by atoms with Gasteiger partial charge in [0, 0.05) is 18.4 Å². The Labute approximate surface area is 114 Å². The zero-order valence-electron chi connectivity index (χ0n) is 10.0. The lowest BCUT2D eigenvalue weighted by atomic mass is 10.0. The molecule has 2 rings (SSSR count). The minimum Gasteiger partial charge on any atom is -0.383 e. The summed E-state index contributed by atoms with van der Waals surface area (Å²) in [6.07, 6.45) is -2.13. The minimum atomic E-state index is -4.38. The molecule has 102 valence electrons. The van der Waals surface area contributed by atoms with Gasteiger partial charge in [0.2, 0.25) is 0 Å². The SMILES string of the molecule is N#CCC1(CNc2cc(C(F)(F)F)ccc2Cl)CC1. The van der Waals surface area contributed by atoms with Crippen molar-refractivity contribution in [3.05, 3.63) is 28.8 Å². The number of hydrogen-bond donors (Lipinski definition) is 1. The number of anilines is 1. The number of halogens is 4. The van der Waals surface area contributed by atoms with E-state index < -0.39 is 11.7 Å². The first-order chi connectivity index (χ1) is 8.86. The zero-order valence-corrected chi connectivity index (χ0v) is 10.8. The molecule has 1 fully saturated rings. The molecule has 0 spiro atoms. The van der Waals surface area contributed by atoms with E-state index in [1.165, 1.54) is 6.07 Å². The Morgan fingerprint density at radius 1 is 1.37 bits per heavy atom. The summed E-state index contributed by atoms with van der Waals surface area (Å²) in [6, 6.07) is 5.30. The molecule has 1 aliphatic carbocycles. The lowest BCUT2D eigenvalue weighted by Crippen LogP contribution is -2.15. The van der Waals surface area contributed by atoms with Crippen molar-refractivity contribution >= 4 is 17.3 Å². The van der Waals surface area contributed by atoms with Crippen molar-refractivity contribution in [2.45, 2.75) is 25.4 Å². The van der Waals surface area contributed by atoms with E-state index in [4.69, 9.17) is 16.9 Å². The first-order valence-electron chi connectivity index (χ1n) is 5.84. The van der Waals surface area contributed by atoms with Gasteiger partial charge in [0.15, 0.2) is 0 Å². The Kier molecular flexibility index (Phi) is 3.64. The molecule has 0 aromatic heterocycles. The molecule has 19 heavy (non-hydrogen) atoms. The van der Waals surface area contributed by atoms with Gasteiger partial charge in [-0.2, -0.15) is 18.4 Å². The predicted molar refractivity (Wildman–Crippen MR) is 66.8 cm³/mol. The largest absolute Gasteiger partial charge is 0.416 e. The Morgan fingerprint density at radius 3 is 2.58 bits per heavy atom. The minimum absolute atomic E-state index is 0.0910. The van der Waals surface area contributed by atoms with Crippen LogP contribution < -0.4 is 5.32 Å². The van der Waals surface area contributed by atoms with Crippen LogP contribution in [0.15, 0.2) is 18.2 Å². The van der Waals surface area contributed by atoms with Gasteiger partial charge in [-0.1, -0.05) is 11.6 Å². The van der Waals surface area contributed by atoms with Gasteiger partial charge in [-0.05, 0) is 31.0 Å². The van der Waals surface area contributed by atoms with Crippen molar-refractivity contribution in [1.29, 1.82) is 5.26 Å². The summed E-state index contributed by atoms with van der Waals surface area (Å²) in [5, 5.41) is 11.9. The molecule has 1 aliphatic rings. The van der Waals surface area contributed by atoms with Gasteiger partial charge < -0.3 is 5.32 Å². The highest BCUT2D eigenvalue weighted by molar-refractivity contribution is 6.33. The Hall–Kier alpha value is -1.41. The van der Waals surface area contributed by atoms with Crippen LogP contribution in [0.4, 0.5) is 18.9 Å². The average Bonchev–Trinajstić information content (AvgIpc) is 3.07. The van der Waals surface area contributed by atoms with Gasteiger partial charge >= 0.3 is 6.18 Å². The van der Waals surface area contributed by atoms with E-state index in [1.54, 1.807) is 0 Å². The molecule has 1 saturated carbocycles. The fourth-order valence-corrected chi connectivity index (χ4v) is 2.06. The fourth-order valence-electron chi connectivity index (χ4n) is 1.88. The lowest BCUT2D eigenvalue weighted by Gasteiger charge is -2.16. The Bertz CT molecular complexity index is 516. The van der Waals surface area contributed by atoms with Crippen LogP contribution in [-0.2, 0) is 6.18 Å². The Balaban J connectivity index is 2.10. The fraction of sp³-hybridized carbons (Fsp3) is 0.462. The topological polar surface area (TPSA) is 35.8 Å². The molecule has 0 heterocycles. The van der Waals surface area contributed by atoms with Gasteiger partial charge in [0.05, 0.1) is 22.3 Å². The van der Waals surface area contributed by atoms with Crippen LogP contribution in [-0.4, -0.2) is 6.54 Å². The predicted octanol–water partition coefficient (Wildman–Crippen LogP) is 4.46. The summed E-state index contributed by atoms with van der Waals surface area (Å²) in [6.45, 7) is 0.474. The third-order valence-electron chi connectivity index (χ3n) is 3.36. The molecule has 0 saturated heterocycles. The van der Waals surface area contributed by atoms with Crippen LogP contribution >= 0.6 is 11.6 Å². The van der Waals surface area contributed by atoms with Gasteiger partial charge in [0.1, 0.15) is 0 Å². The van der Waals surface area contributed by atoms with Crippen molar-refractivity contribution in [3.63, 3.8) is 0 Å². The number of benzene rings is 1. The normalized spacial score (nSPS) is 16.8. The maximum absolute atomic E-state index is 12.6. The van der Waals surface area contributed by atoms with Crippen molar-refractivity contribution in [3.8, 4) is 6.07 Å². The van der Waals surface area contributed by atoms with Crippen molar-refractivity contribution in [2.75, 3.05) is 11.9 Å². The summed E-state index contributed by atoms with van der Waals surface area (Å²) < 4.78 is 37.8. The van der Waals surface area contributed by atoms with E-state index in [1.807, 2.05) is 0 Å². The highest BCUT2D eigenvalue weighted by Gasteiger charge is 2.42. The molecular formula is C13H12ClF3N2. The van der Waals surface area contributed by atoms with Gasteiger partial charge in [-0.25, -0.2) is 0 Å². The van der Waals surface area contributed by atoms with E-state index in [9.17, 15) is 13.2 Å². The second kappa shape index (κ2) is 4.93. The first-order valence-corrected chi connectivity index (χ1v) is 6.22. The molecule has 1 aromatic carbocycles. The van der Waals surface area contributed by atoms with Crippen LogP contribution in [0.5, 0.6) is 0 Å². The third kappa shape index (κ3) is 3.32. The van der Waals surface area contributed by atoms with Gasteiger partial charge in [0.25, 0.3) is 0 Å². The van der Waals surface area contributed by atoms with Crippen LogP contribution in [0.25, 0.3) is 0 Å². The van der Waals surface area contributed by atoms with Crippen molar-refractivity contribution in [2.24, 2.45) is 5.41 Å². The quantitative estimate of drug-likeness (QED) is 0.887. The number of alkyl halides is 3. The Morgan fingerprint density at radius 2 is 2.05 bits per heavy atom. The van der Waals surface area contributed by atoms with Gasteiger partial charge in [-0.15, -0.1) is 0 Å². The number of rotatable bonds is 4. The second-order valence-corrected chi connectivity index (χ2v) is 5.29. The molecule has 0 aliphatic heterocycles. The van der Waals surface area contributed by atoms with E-state index >= 15 is 0 Å². The molecule has 1 aromatic rings. The maximum Gasteiger partial charge on any atom is 0.416 e.